The highest BCUT2D eigenvalue weighted by atomic mass is 16.1. The van der Waals surface area contributed by atoms with Crippen LogP contribution in [0.4, 0.5) is 0 Å². The van der Waals surface area contributed by atoms with Crippen molar-refractivity contribution in [1.82, 2.24) is 19.8 Å². The molecule has 3 heterocycles. The van der Waals surface area contributed by atoms with Crippen molar-refractivity contribution >= 4 is 16.9 Å². The number of amides is 1. The number of aryl methyl sites for hydroxylation is 1. The summed E-state index contributed by atoms with van der Waals surface area (Å²) in [6.07, 6.45) is 3.86. The van der Waals surface area contributed by atoms with Gasteiger partial charge in [-0.1, -0.05) is 48.9 Å². The summed E-state index contributed by atoms with van der Waals surface area (Å²) >= 11 is 0. The van der Waals surface area contributed by atoms with E-state index in [1.165, 1.54) is 11.1 Å². The highest BCUT2D eigenvalue weighted by Crippen LogP contribution is 2.36. The third-order valence-electron chi connectivity index (χ3n) is 6.68. The number of rotatable bonds is 3. The van der Waals surface area contributed by atoms with Crippen LogP contribution in [0.2, 0.25) is 0 Å². The van der Waals surface area contributed by atoms with Crippen LogP contribution >= 0.6 is 0 Å². The van der Waals surface area contributed by atoms with E-state index in [1.807, 2.05) is 6.07 Å². The molecule has 0 bridgehead atoms. The van der Waals surface area contributed by atoms with E-state index in [9.17, 15) is 4.79 Å². The smallest absolute Gasteiger partial charge is 0.220 e. The van der Waals surface area contributed by atoms with E-state index in [-0.39, 0.29) is 11.9 Å². The van der Waals surface area contributed by atoms with Gasteiger partial charge in [0.2, 0.25) is 5.91 Å². The van der Waals surface area contributed by atoms with Crippen LogP contribution in [-0.2, 0) is 18.4 Å². The molecule has 1 aromatic heterocycles. The monoisotopic (exact) mass is 388 g/mol. The van der Waals surface area contributed by atoms with Crippen LogP contribution in [0.15, 0.2) is 54.6 Å². The largest absolute Gasteiger partial charge is 0.351 e. The van der Waals surface area contributed by atoms with Crippen molar-refractivity contribution in [3.63, 3.8) is 0 Å². The number of hydrogen-bond donors (Lipinski definition) is 1. The number of likely N-dealkylation sites (tertiary alicyclic amines) is 1. The number of nitrogens with zero attached hydrogens (tertiary/aromatic N) is 3. The fraction of sp³-hybridized carbons (Fsp3) is 0.417. The van der Waals surface area contributed by atoms with E-state index in [4.69, 9.17) is 4.98 Å². The zero-order valence-corrected chi connectivity index (χ0v) is 16.9. The number of benzene rings is 2. The lowest BCUT2D eigenvalue weighted by atomic mass is 9.88. The highest BCUT2D eigenvalue weighted by molar-refractivity contribution is 5.77. The van der Waals surface area contributed by atoms with Gasteiger partial charge in [-0.25, -0.2) is 4.98 Å². The zero-order chi connectivity index (χ0) is 19.8. The Hall–Kier alpha value is -2.66. The molecule has 2 fully saturated rings. The van der Waals surface area contributed by atoms with Gasteiger partial charge in [0, 0.05) is 32.0 Å². The lowest BCUT2D eigenvalue weighted by Gasteiger charge is -2.31. The summed E-state index contributed by atoms with van der Waals surface area (Å²) in [5, 5.41) is 3.38. The van der Waals surface area contributed by atoms with Crippen molar-refractivity contribution in [3.8, 4) is 0 Å². The van der Waals surface area contributed by atoms with E-state index >= 15 is 0 Å². The van der Waals surface area contributed by atoms with Gasteiger partial charge in [-0.3, -0.25) is 9.69 Å². The van der Waals surface area contributed by atoms with Crippen LogP contribution in [-0.4, -0.2) is 39.0 Å². The maximum absolute atomic E-state index is 12.4. The predicted octanol–water partition coefficient (Wildman–Crippen LogP) is 3.60. The van der Waals surface area contributed by atoms with Gasteiger partial charge in [-0.2, -0.15) is 0 Å². The summed E-state index contributed by atoms with van der Waals surface area (Å²) in [5.41, 5.74) is 3.53. The van der Waals surface area contributed by atoms with Crippen molar-refractivity contribution < 1.29 is 4.79 Å². The van der Waals surface area contributed by atoms with Gasteiger partial charge >= 0.3 is 0 Å². The first kappa shape index (κ1) is 18.4. The second-order valence-corrected chi connectivity index (χ2v) is 8.43. The normalized spacial score (nSPS) is 25.4. The maximum Gasteiger partial charge on any atom is 0.220 e. The summed E-state index contributed by atoms with van der Waals surface area (Å²) in [4.78, 5) is 19.9. The number of hydrogen-bond acceptors (Lipinski definition) is 3. The topological polar surface area (TPSA) is 50.2 Å². The Morgan fingerprint density at radius 2 is 1.86 bits per heavy atom. The molecule has 5 heteroatoms. The molecule has 5 rings (SSSR count). The number of imidazole rings is 1. The molecule has 0 radical (unpaired) electrons. The summed E-state index contributed by atoms with van der Waals surface area (Å²) in [6, 6.07) is 19.5. The van der Waals surface area contributed by atoms with E-state index < -0.39 is 0 Å². The Balaban J connectivity index is 1.48. The van der Waals surface area contributed by atoms with E-state index in [0.717, 1.165) is 43.7 Å². The minimum absolute atomic E-state index is 0.167. The Kier molecular flexibility index (Phi) is 4.84. The second-order valence-electron chi connectivity index (χ2n) is 8.43. The average Bonchev–Trinajstić information content (AvgIpc) is 3.22. The summed E-state index contributed by atoms with van der Waals surface area (Å²) in [7, 11) is 2.10. The van der Waals surface area contributed by atoms with Gasteiger partial charge in [0.15, 0.2) is 0 Å². The van der Waals surface area contributed by atoms with Crippen LogP contribution < -0.4 is 5.32 Å². The maximum atomic E-state index is 12.4. The number of carbonyl (C=O) groups is 1. The highest BCUT2D eigenvalue weighted by Gasteiger charge is 2.43. The van der Waals surface area contributed by atoms with Crippen molar-refractivity contribution in [2.45, 2.75) is 50.2 Å². The van der Waals surface area contributed by atoms with E-state index in [2.05, 4.69) is 70.4 Å². The number of nitrogens with one attached hydrogen (secondary N) is 1. The van der Waals surface area contributed by atoms with E-state index in [1.54, 1.807) is 0 Å². The molecular formula is C24H28N4O. The molecule has 150 valence electrons. The minimum atomic E-state index is 0.167. The molecule has 3 aromatic rings. The summed E-state index contributed by atoms with van der Waals surface area (Å²) in [6.45, 7) is 1.76. The molecule has 1 N–H and O–H groups in total. The second kappa shape index (κ2) is 7.64. The molecule has 29 heavy (non-hydrogen) atoms. The number of para-hydroxylation sites is 2. The molecule has 2 aliphatic heterocycles. The van der Waals surface area contributed by atoms with Crippen LogP contribution in [0.1, 0.15) is 43.0 Å². The minimum Gasteiger partial charge on any atom is -0.351 e. The lowest BCUT2D eigenvalue weighted by molar-refractivity contribution is -0.122. The Labute approximate surface area is 171 Å². The van der Waals surface area contributed by atoms with Gasteiger partial charge < -0.3 is 9.88 Å². The molecule has 5 nitrogen and oxygen atoms in total. The zero-order valence-electron chi connectivity index (χ0n) is 16.9. The Morgan fingerprint density at radius 3 is 2.69 bits per heavy atom. The first-order chi connectivity index (χ1) is 14.2. The molecule has 0 unspecified atom stereocenters. The molecule has 0 spiro atoms. The molecule has 1 amide bonds. The molecule has 0 aliphatic carbocycles. The lowest BCUT2D eigenvalue weighted by Crippen LogP contribution is -2.47. The Morgan fingerprint density at radius 1 is 1.07 bits per heavy atom. The molecule has 2 aromatic carbocycles. The fourth-order valence-corrected chi connectivity index (χ4v) is 5.17. The van der Waals surface area contributed by atoms with Crippen molar-refractivity contribution in [2.75, 3.05) is 6.54 Å². The molecular weight excluding hydrogens is 360 g/mol. The summed E-state index contributed by atoms with van der Waals surface area (Å²) < 4.78 is 2.21. The van der Waals surface area contributed by atoms with Crippen LogP contribution in [0.3, 0.4) is 0 Å². The van der Waals surface area contributed by atoms with Crippen molar-refractivity contribution in [2.24, 2.45) is 7.05 Å². The third kappa shape index (κ3) is 3.44. The number of aromatic nitrogens is 2. The van der Waals surface area contributed by atoms with Crippen LogP contribution in [0.25, 0.3) is 11.0 Å². The van der Waals surface area contributed by atoms with Crippen molar-refractivity contribution in [1.29, 1.82) is 0 Å². The van der Waals surface area contributed by atoms with Gasteiger partial charge in [-0.15, -0.1) is 0 Å². The molecule has 2 aliphatic rings. The van der Waals surface area contributed by atoms with Crippen LogP contribution in [0, 0.1) is 0 Å². The fourth-order valence-electron chi connectivity index (χ4n) is 5.17. The van der Waals surface area contributed by atoms with Crippen molar-refractivity contribution in [3.05, 3.63) is 66.0 Å². The van der Waals surface area contributed by atoms with Gasteiger partial charge in [0.1, 0.15) is 5.82 Å². The van der Waals surface area contributed by atoms with Gasteiger partial charge in [0.25, 0.3) is 0 Å². The molecule has 0 saturated carbocycles. The first-order valence-corrected chi connectivity index (χ1v) is 10.7. The molecule has 3 atom stereocenters. The third-order valence-corrected chi connectivity index (χ3v) is 6.68. The average molecular weight is 389 g/mol. The summed E-state index contributed by atoms with van der Waals surface area (Å²) in [5.74, 6) is 1.61. The SMILES string of the molecule is Cn1c(CN2C[C@@H](c3ccccc3)[C@@H]3NC(=O)CCCC[C@H]32)nc2ccccc21. The molecule has 2 saturated heterocycles. The van der Waals surface area contributed by atoms with Crippen LogP contribution in [0.5, 0.6) is 0 Å². The van der Waals surface area contributed by atoms with Gasteiger partial charge in [0.05, 0.1) is 23.6 Å². The van der Waals surface area contributed by atoms with Gasteiger partial charge in [-0.05, 0) is 30.5 Å². The number of fused-ring (bicyclic) bond motifs is 2. The first-order valence-electron chi connectivity index (χ1n) is 10.7. The quantitative estimate of drug-likeness (QED) is 0.746. The Bertz CT molecular complexity index is 1010. The standard InChI is InChI=1S/C24H28N4O/c1-27-20-12-6-5-11-19(20)25-22(27)16-28-15-18(17-9-3-2-4-10-17)24-21(28)13-7-8-14-23(29)26-24/h2-6,9-12,18,21,24H,7-8,13-16H2,1H3,(H,26,29)/t18-,21+,24-/m0/s1. The number of carbonyl (C=O) groups excluding carboxylic acids is 1. The van der Waals surface area contributed by atoms with E-state index in [0.29, 0.717) is 18.4 Å². The predicted molar refractivity (Wildman–Crippen MR) is 114 cm³/mol.